The largest absolute Gasteiger partial charge is 0.481 e. The van der Waals surface area contributed by atoms with Gasteiger partial charge >= 0.3 is 12.1 Å². The molecule has 0 aromatic heterocycles. The number of rotatable bonds is 6. The molecule has 0 spiro atoms. The number of carboxylic acid groups (broad SMARTS) is 1. The van der Waals surface area contributed by atoms with E-state index in [0.717, 1.165) is 22.3 Å². The second-order valence-electron chi connectivity index (χ2n) is 11.1. The maximum Gasteiger partial charge on any atom is 0.407 e. The third-order valence-corrected chi connectivity index (χ3v) is 8.62. The van der Waals surface area contributed by atoms with Crippen molar-refractivity contribution in [2.24, 2.45) is 23.2 Å². The summed E-state index contributed by atoms with van der Waals surface area (Å²) in [5, 5.41) is 12.2. The maximum atomic E-state index is 13.4. The summed E-state index contributed by atoms with van der Waals surface area (Å²) in [4.78, 5) is 39.3. The summed E-state index contributed by atoms with van der Waals surface area (Å²) in [5.74, 6) is -1.13. The van der Waals surface area contributed by atoms with Crippen LogP contribution in [0.5, 0.6) is 0 Å². The molecule has 5 rings (SSSR count). The second kappa shape index (κ2) is 8.11. The average Bonchev–Trinajstić information content (AvgIpc) is 3.17. The first-order valence-corrected chi connectivity index (χ1v) is 12.2. The highest BCUT2D eigenvalue weighted by Crippen LogP contribution is 2.52. The van der Waals surface area contributed by atoms with Gasteiger partial charge in [-0.1, -0.05) is 48.5 Å². The Bertz CT molecular complexity index is 1150. The smallest absolute Gasteiger partial charge is 0.407 e. The predicted octanol–water partition coefficient (Wildman–Crippen LogP) is 4.12. The molecule has 1 saturated carbocycles. The van der Waals surface area contributed by atoms with Crippen LogP contribution in [0.25, 0.3) is 11.1 Å². The molecule has 1 heterocycles. The molecule has 1 saturated heterocycles. The SMILES string of the molecule is CC(C)(NC(=O)OCC1c2ccccc2-c2ccccc21)C(C)(C)C(=O)N1C[C@@H]2C(C(=O)O)[C@@H]2C1. The Morgan fingerprint density at radius 3 is 1.97 bits per heavy atom. The van der Waals surface area contributed by atoms with Crippen molar-refractivity contribution >= 4 is 18.0 Å². The van der Waals surface area contributed by atoms with E-state index in [-0.39, 0.29) is 36.2 Å². The Kier molecular flexibility index (Phi) is 5.42. The number of benzene rings is 2. The number of hydrogen-bond acceptors (Lipinski definition) is 4. The zero-order valence-corrected chi connectivity index (χ0v) is 20.6. The number of hydrogen-bond donors (Lipinski definition) is 2. The molecular formula is C28H32N2O5. The Morgan fingerprint density at radius 1 is 0.943 bits per heavy atom. The molecule has 2 N–H and O–H groups in total. The van der Waals surface area contributed by atoms with Crippen LogP contribution in [0.15, 0.2) is 48.5 Å². The van der Waals surface area contributed by atoms with Crippen molar-refractivity contribution in [1.82, 2.24) is 10.2 Å². The molecule has 0 bridgehead atoms. The molecule has 1 aliphatic heterocycles. The number of alkyl carbamates (subject to hydrolysis) is 1. The highest BCUT2D eigenvalue weighted by molar-refractivity contribution is 5.86. The van der Waals surface area contributed by atoms with Crippen LogP contribution < -0.4 is 5.32 Å². The Labute approximate surface area is 205 Å². The topological polar surface area (TPSA) is 95.9 Å². The lowest BCUT2D eigenvalue weighted by atomic mass is 9.73. The minimum atomic E-state index is -0.909. The van der Waals surface area contributed by atoms with Crippen LogP contribution in [0.2, 0.25) is 0 Å². The van der Waals surface area contributed by atoms with E-state index in [0.29, 0.717) is 13.1 Å². The van der Waals surface area contributed by atoms with Crippen molar-refractivity contribution in [2.45, 2.75) is 39.2 Å². The van der Waals surface area contributed by atoms with Gasteiger partial charge < -0.3 is 20.1 Å². The quantitative estimate of drug-likeness (QED) is 0.654. The third kappa shape index (κ3) is 3.77. The van der Waals surface area contributed by atoms with Gasteiger partial charge in [-0.2, -0.15) is 0 Å². The van der Waals surface area contributed by atoms with Crippen molar-refractivity contribution in [3.63, 3.8) is 0 Å². The third-order valence-electron chi connectivity index (χ3n) is 8.62. The van der Waals surface area contributed by atoms with Crippen LogP contribution in [0.3, 0.4) is 0 Å². The Hall–Kier alpha value is -3.35. The Balaban J connectivity index is 1.22. The lowest BCUT2D eigenvalue weighted by Crippen LogP contribution is -2.60. The number of piperidine rings is 1. The van der Waals surface area contributed by atoms with Gasteiger partial charge in [0.05, 0.1) is 16.9 Å². The van der Waals surface area contributed by atoms with E-state index in [1.54, 1.807) is 4.90 Å². The van der Waals surface area contributed by atoms with Gasteiger partial charge in [-0.15, -0.1) is 0 Å². The number of carboxylic acids is 1. The summed E-state index contributed by atoms with van der Waals surface area (Å²) in [6, 6.07) is 16.3. The average molecular weight is 477 g/mol. The molecule has 184 valence electrons. The number of nitrogens with zero attached hydrogens (tertiary/aromatic N) is 1. The molecule has 7 heteroatoms. The highest BCUT2D eigenvalue weighted by atomic mass is 16.5. The molecule has 3 aliphatic rings. The molecule has 2 aromatic carbocycles. The summed E-state index contributed by atoms with van der Waals surface area (Å²) in [6.07, 6.45) is -0.562. The van der Waals surface area contributed by atoms with Crippen LogP contribution in [-0.4, -0.2) is 53.2 Å². The molecule has 2 fully saturated rings. The van der Waals surface area contributed by atoms with E-state index >= 15 is 0 Å². The van der Waals surface area contributed by atoms with Crippen LogP contribution in [0.4, 0.5) is 4.79 Å². The first-order chi connectivity index (χ1) is 16.5. The molecule has 35 heavy (non-hydrogen) atoms. The van der Waals surface area contributed by atoms with Crippen molar-refractivity contribution in [1.29, 1.82) is 0 Å². The summed E-state index contributed by atoms with van der Waals surface area (Å²) in [5.41, 5.74) is 2.82. The van der Waals surface area contributed by atoms with Gasteiger partial charge in [0.25, 0.3) is 0 Å². The summed E-state index contributed by atoms with van der Waals surface area (Å²) < 4.78 is 5.70. The second-order valence-corrected chi connectivity index (χ2v) is 11.1. The van der Waals surface area contributed by atoms with Crippen LogP contribution in [0.1, 0.15) is 44.7 Å². The van der Waals surface area contributed by atoms with Gasteiger partial charge in [0.15, 0.2) is 0 Å². The van der Waals surface area contributed by atoms with Crippen molar-refractivity contribution in [3.05, 3.63) is 59.7 Å². The van der Waals surface area contributed by atoms with Gasteiger partial charge in [-0.05, 0) is 61.8 Å². The molecule has 3 atom stereocenters. The summed E-state index contributed by atoms with van der Waals surface area (Å²) in [6.45, 7) is 8.41. The first-order valence-electron chi connectivity index (χ1n) is 12.2. The van der Waals surface area contributed by atoms with E-state index in [4.69, 9.17) is 4.74 Å². The molecule has 7 nitrogen and oxygen atoms in total. The highest BCUT2D eigenvalue weighted by Gasteiger charge is 2.62. The van der Waals surface area contributed by atoms with Gasteiger partial charge in [-0.3, -0.25) is 9.59 Å². The fraction of sp³-hybridized carbons (Fsp3) is 0.464. The van der Waals surface area contributed by atoms with Crippen LogP contribution in [-0.2, 0) is 14.3 Å². The van der Waals surface area contributed by atoms with Gasteiger partial charge in [0, 0.05) is 19.0 Å². The number of carbonyl (C=O) groups is 3. The van der Waals surface area contributed by atoms with Gasteiger partial charge in [-0.25, -0.2) is 4.79 Å². The van der Waals surface area contributed by atoms with Crippen molar-refractivity contribution in [2.75, 3.05) is 19.7 Å². The van der Waals surface area contributed by atoms with Crippen LogP contribution >= 0.6 is 0 Å². The summed E-state index contributed by atoms with van der Waals surface area (Å²) in [7, 11) is 0. The number of fused-ring (bicyclic) bond motifs is 4. The lowest BCUT2D eigenvalue weighted by molar-refractivity contribution is -0.146. The normalized spacial score (nSPS) is 22.7. The van der Waals surface area contributed by atoms with Crippen LogP contribution in [0, 0.1) is 23.2 Å². The first kappa shape index (κ1) is 23.4. The van der Waals surface area contributed by atoms with E-state index in [1.807, 2.05) is 52.0 Å². The lowest BCUT2D eigenvalue weighted by Gasteiger charge is -2.42. The van der Waals surface area contributed by atoms with Crippen molar-refractivity contribution < 1.29 is 24.2 Å². The number of carbonyl (C=O) groups excluding carboxylic acids is 2. The minimum Gasteiger partial charge on any atom is -0.481 e. The fourth-order valence-electron chi connectivity index (χ4n) is 5.77. The number of likely N-dealkylation sites (tertiary alicyclic amines) is 1. The van der Waals surface area contributed by atoms with E-state index in [1.165, 1.54) is 0 Å². The van der Waals surface area contributed by atoms with E-state index in [2.05, 4.69) is 29.6 Å². The monoisotopic (exact) mass is 476 g/mol. The zero-order valence-electron chi connectivity index (χ0n) is 20.6. The fourth-order valence-corrected chi connectivity index (χ4v) is 5.77. The standard InChI is InChI=1S/C28H32N2O5/c1-27(2,25(33)30-13-20-21(14-30)23(20)24(31)32)28(3,4)29-26(34)35-15-22-18-11-7-5-9-16(18)17-10-6-8-12-19(17)22/h5-12,20-23H,13-15H2,1-4H3,(H,29,34)(H,31,32)/t20-,21+,23?. The minimum absolute atomic E-state index is 0.0376. The molecule has 2 aliphatic carbocycles. The number of nitrogens with one attached hydrogen (secondary N) is 1. The molecule has 1 unspecified atom stereocenters. The molecule has 0 radical (unpaired) electrons. The molecule has 2 aromatic rings. The Morgan fingerprint density at radius 2 is 1.46 bits per heavy atom. The predicted molar refractivity (Wildman–Crippen MR) is 131 cm³/mol. The maximum absolute atomic E-state index is 13.4. The summed E-state index contributed by atoms with van der Waals surface area (Å²) >= 11 is 0. The molecular weight excluding hydrogens is 444 g/mol. The van der Waals surface area contributed by atoms with E-state index < -0.39 is 23.0 Å². The molecule has 2 amide bonds. The number of ether oxygens (including phenoxy) is 1. The van der Waals surface area contributed by atoms with Gasteiger partial charge in [0.1, 0.15) is 6.61 Å². The van der Waals surface area contributed by atoms with Crippen molar-refractivity contribution in [3.8, 4) is 11.1 Å². The zero-order chi connectivity index (χ0) is 25.1. The van der Waals surface area contributed by atoms with E-state index in [9.17, 15) is 19.5 Å². The van der Waals surface area contributed by atoms with Gasteiger partial charge in [0.2, 0.25) is 5.91 Å². The number of amides is 2. The number of aliphatic carboxylic acids is 1.